The van der Waals surface area contributed by atoms with E-state index in [9.17, 15) is 0 Å². The number of hydrogen-bond donors (Lipinski definition) is 1. The lowest BCUT2D eigenvalue weighted by atomic mass is 9.99. The van der Waals surface area contributed by atoms with Gasteiger partial charge in [-0.15, -0.1) is 0 Å². The third-order valence-electron chi connectivity index (χ3n) is 8.86. The van der Waals surface area contributed by atoms with Gasteiger partial charge in [0.1, 0.15) is 23.4 Å². The summed E-state index contributed by atoms with van der Waals surface area (Å²) in [6, 6.07) is 15.4. The molecule has 1 aromatic carbocycles. The van der Waals surface area contributed by atoms with Crippen molar-refractivity contribution in [3.8, 4) is 28.4 Å². The van der Waals surface area contributed by atoms with Crippen LogP contribution in [0.2, 0.25) is 0 Å². The van der Waals surface area contributed by atoms with Crippen molar-refractivity contribution in [2.75, 3.05) is 13.1 Å². The van der Waals surface area contributed by atoms with Crippen LogP contribution in [0.4, 0.5) is 0 Å². The summed E-state index contributed by atoms with van der Waals surface area (Å²) in [7, 11) is 0. The Hall–Kier alpha value is -3.78. The molecular formula is C35H45N5O3. The topological polar surface area (TPSA) is 93.4 Å². The number of benzene rings is 1. The average Bonchev–Trinajstić information content (AvgIpc) is 3.72. The maximum Gasteiger partial charge on any atom is 0.290 e. The van der Waals surface area contributed by atoms with Gasteiger partial charge in [0, 0.05) is 53.4 Å². The lowest BCUT2D eigenvalue weighted by molar-refractivity contribution is -0.122. The lowest BCUT2D eigenvalue weighted by Gasteiger charge is -2.40. The number of fused-ring (bicyclic) bond motifs is 6. The van der Waals surface area contributed by atoms with Gasteiger partial charge in [-0.2, -0.15) is 0 Å². The number of pyridine rings is 2. The molecule has 7 rings (SSSR count). The van der Waals surface area contributed by atoms with E-state index in [1.807, 2.05) is 39.1 Å². The molecule has 1 N–H and O–H groups in total. The smallest absolute Gasteiger partial charge is 0.290 e. The molecular weight excluding hydrogens is 538 g/mol. The highest BCUT2D eigenvalue weighted by molar-refractivity contribution is 5.91. The molecule has 43 heavy (non-hydrogen) atoms. The number of rotatable bonds is 4. The Morgan fingerprint density at radius 3 is 2.44 bits per heavy atom. The number of likely N-dealkylation sites (tertiary alicyclic amines) is 1. The highest BCUT2D eigenvalue weighted by Crippen LogP contribution is 2.52. The molecule has 1 saturated heterocycles. The van der Waals surface area contributed by atoms with Gasteiger partial charge >= 0.3 is 0 Å². The van der Waals surface area contributed by atoms with Crippen LogP contribution in [-0.2, 0) is 4.79 Å². The van der Waals surface area contributed by atoms with Crippen LogP contribution >= 0.6 is 0 Å². The number of aromatic nitrogens is 4. The molecule has 2 atom stereocenters. The number of aryl methyl sites for hydroxylation is 1. The van der Waals surface area contributed by atoms with E-state index < -0.39 is 0 Å². The molecule has 8 nitrogen and oxygen atoms in total. The van der Waals surface area contributed by atoms with E-state index >= 15 is 0 Å². The first kappa shape index (κ1) is 30.7. The Morgan fingerprint density at radius 2 is 1.74 bits per heavy atom. The Labute approximate surface area is 255 Å². The minimum Gasteiger partial charge on any atom is -0.490 e. The van der Waals surface area contributed by atoms with Crippen LogP contribution in [0, 0.1) is 6.92 Å². The van der Waals surface area contributed by atoms with Crippen LogP contribution < -0.4 is 4.74 Å². The quantitative estimate of drug-likeness (QED) is 0.247. The van der Waals surface area contributed by atoms with Crippen molar-refractivity contribution >= 4 is 17.4 Å². The van der Waals surface area contributed by atoms with E-state index in [-0.39, 0.29) is 18.1 Å². The van der Waals surface area contributed by atoms with E-state index in [1.54, 1.807) is 0 Å². The Balaban J connectivity index is 0.000000695. The van der Waals surface area contributed by atoms with Crippen molar-refractivity contribution in [3.63, 3.8) is 0 Å². The van der Waals surface area contributed by atoms with E-state index in [1.165, 1.54) is 36.3 Å². The molecule has 1 saturated carbocycles. The number of hydrogen-bond acceptors (Lipinski definition) is 6. The predicted molar refractivity (Wildman–Crippen MR) is 172 cm³/mol. The third-order valence-corrected chi connectivity index (χ3v) is 8.86. The summed E-state index contributed by atoms with van der Waals surface area (Å²) in [5.74, 6) is 2.74. The maximum atomic E-state index is 8.36. The number of carboxylic acid groups (broad SMARTS) is 1. The van der Waals surface area contributed by atoms with Crippen molar-refractivity contribution in [2.45, 2.75) is 97.2 Å². The summed E-state index contributed by atoms with van der Waals surface area (Å²) in [6.45, 7) is 14.8. The molecule has 2 fully saturated rings. The van der Waals surface area contributed by atoms with Crippen LogP contribution in [0.3, 0.4) is 0 Å². The van der Waals surface area contributed by atoms with Crippen molar-refractivity contribution in [1.82, 2.24) is 24.4 Å². The molecule has 0 amide bonds. The molecule has 2 unspecified atom stereocenters. The monoisotopic (exact) mass is 583 g/mol. The second-order valence-corrected chi connectivity index (χ2v) is 12.5. The lowest BCUT2D eigenvalue weighted by Crippen LogP contribution is -2.48. The second kappa shape index (κ2) is 12.8. The number of piperidine rings is 1. The fourth-order valence-corrected chi connectivity index (χ4v) is 6.86. The van der Waals surface area contributed by atoms with Crippen LogP contribution in [0.25, 0.3) is 33.5 Å². The first-order valence-electron chi connectivity index (χ1n) is 15.7. The molecule has 0 spiro atoms. The minimum atomic E-state index is -0.250. The average molecular weight is 584 g/mol. The first-order valence-corrected chi connectivity index (χ1v) is 15.7. The Kier molecular flexibility index (Phi) is 9.16. The standard InChI is InChI=1S/C32H37N5O.C2H6.CH2O2/c1-20-6-5-7-27(34-20)29-30(37-23-10-8-22(18-23)31(37)35-29)21-9-11-26-25(19-21)28(12-15-33-26)38-24-13-16-36(17-14-24)32(2,3)4;1-2;2-1-3/h5-7,9,11-12,15,19,22-24H,8,10,13-14,16-18H2,1-4H3;1-2H3;1H,(H,2,3). The molecule has 228 valence electrons. The number of imidazole rings is 1. The van der Waals surface area contributed by atoms with Crippen LogP contribution in [0.5, 0.6) is 5.75 Å². The molecule has 0 radical (unpaired) electrons. The highest BCUT2D eigenvalue weighted by Gasteiger charge is 2.41. The second-order valence-electron chi connectivity index (χ2n) is 12.5. The predicted octanol–water partition coefficient (Wildman–Crippen LogP) is 7.66. The summed E-state index contributed by atoms with van der Waals surface area (Å²) in [6.07, 6.45) is 7.89. The fraction of sp³-hybridized carbons (Fsp3) is 0.486. The molecule has 8 heteroatoms. The van der Waals surface area contributed by atoms with Gasteiger partial charge in [0.15, 0.2) is 0 Å². The summed E-state index contributed by atoms with van der Waals surface area (Å²) < 4.78 is 9.19. The summed E-state index contributed by atoms with van der Waals surface area (Å²) in [5.41, 5.74) is 6.51. The molecule has 3 aromatic heterocycles. The van der Waals surface area contributed by atoms with Gasteiger partial charge in [0.05, 0.1) is 16.9 Å². The van der Waals surface area contributed by atoms with Gasteiger partial charge in [-0.25, -0.2) is 4.98 Å². The summed E-state index contributed by atoms with van der Waals surface area (Å²) >= 11 is 0. The summed E-state index contributed by atoms with van der Waals surface area (Å²) in [5, 5.41) is 7.96. The van der Waals surface area contributed by atoms with E-state index in [4.69, 9.17) is 24.6 Å². The van der Waals surface area contributed by atoms with Gasteiger partial charge in [-0.3, -0.25) is 19.7 Å². The van der Waals surface area contributed by atoms with Gasteiger partial charge in [0.25, 0.3) is 6.47 Å². The van der Waals surface area contributed by atoms with Gasteiger partial charge in [0.2, 0.25) is 0 Å². The maximum absolute atomic E-state index is 8.36. The van der Waals surface area contributed by atoms with Crippen molar-refractivity contribution in [1.29, 1.82) is 0 Å². The van der Waals surface area contributed by atoms with Gasteiger partial charge in [-0.05, 0) is 90.1 Å². The zero-order chi connectivity index (χ0) is 30.7. The number of nitrogens with zero attached hydrogens (tertiary/aromatic N) is 5. The molecule has 3 aliphatic rings. The van der Waals surface area contributed by atoms with Crippen molar-refractivity contribution in [2.24, 2.45) is 0 Å². The van der Waals surface area contributed by atoms with Crippen molar-refractivity contribution < 1.29 is 14.6 Å². The molecule has 2 aliphatic heterocycles. The zero-order valence-electron chi connectivity index (χ0n) is 26.4. The molecule has 4 aromatic rings. The normalized spacial score (nSPS) is 19.7. The van der Waals surface area contributed by atoms with E-state index in [0.29, 0.717) is 12.0 Å². The van der Waals surface area contributed by atoms with Crippen LogP contribution in [-0.4, -0.2) is 60.7 Å². The highest BCUT2D eigenvalue weighted by atomic mass is 16.5. The first-order chi connectivity index (χ1) is 20.8. The zero-order valence-corrected chi connectivity index (χ0v) is 26.4. The van der Waals surface area contributed by atoms with Crippen LogP contribution in [0.15, 0.2) is 48.7 Å². The Bertz CT molecular complexity index is 1570. The third kappa shape index (κ3) is 6.16. The largest absolute Gasteiger partial charge is 0.490 e. The SMILES string of the molecule is CC.Cc1cccc(-c2nc3n(c2-c2ccc4nccc(OC5CCN(C(C)(C)C)CC5)c4c2)C2CCC3C2)n1.O=CO. The Morgan fingerprint density at radius 1 is 1.00 bits per heavy atom. The fourth-order valence-electron chi connectivity index (χ4n) is 6.86. The van der Waals surface area contributed by atoms with Gasteiger partial charge in [-0.1, -0.05) is 26.0 Å². The van der Waals surface area contributed by atoms with E-state index in [0.717, 1.165) is 59.7 Å². The van der Waals surface area contributed by atoms with E-state index in [2.05, 4.69) is 65.6 Å². The van der Waals surface area contributed by atoms with Crippen molar-refractivity contribution in [3.05, 3.63) is 60.2 Å². The molecule has 5 heterocycles. The number of carbonyl (C=O) groups is 1. The molecule has 1 aliphatic carbocycles. The van der Waals surface area contributed by atoms with Gasteiger partial charge < -0.3 is 14.4 Å². The molecule has 2 bridgehead atoms. The van der Waals surface area contributed by atoms with Crippen LogP contribution in [0.1, 0.15) is 90.2 Å². The summed E-state index contributed by atoms with van der Waals surface area (Å²) in [4.78, 5) is 25.7. The minimum absolute atomic E-state index is 0.206. The number of ether oxygens (including phenoxy) is 1.